The molecule has 0 bridgehead atoms. The third kappa shape index (κ3) is 4.28. The second-order valence-corrected chi connectivity index (χ2v) is 6.57. The number of benzene rings is 2. The van der Waals surface area contributed by atoms with Crippen LogP contribution in [0, 0.1) is 6.92 Å². The zero-order chi connectivity index (χ0) is 17.8. The van der Waals surface area contributed by atoms with Gasteiger partial charge in [0.1, 0.15) is 11.3 Å². The number of para-hydroxylation sites is 1. The van der Waals surface area contributed by atoms with Crippen LogP contribution in [0.4, 0.5) is 0 Å². The van der Waals surface area contributed by atoms with Crippen LogP contribution in [0.2, 0.25) is 0 Å². The van der Waals surface area contributed by atoms with Crippen LogP contribution in [0.1, 0.15) is 29.9 Å². The quantitative estimate of drug-likeness (QED) is 0.738. The van der Waals surface area contributed by atoms with Crippen molar-refractivity contribution in [3.63, 3.8) is 0 Å². The Morgan fingerprint density at radius 2 is 1.88 bits per heavy atom. The Balaban J connectivity index is 1.57. The van der Waals surface area contributed by atoms with E-state index in [2.05, 4.69) is 24.4 Å². The van der Waals surface area contributed by atoms with E-state index in [1.165, 1.54) is 11.1 Å². The molecule has 0 aliphatic rings. The number of hydrogen-bond donors (Lipinski definition) is 1. The van der Waals surface area contributed by atoms with Gasteiger partial charge in [0.15, 0.2) is 0 Å². The van der Waals surface area contributed by atoms with E-state index in [-0.39, 0.29) is 11.9 Å². The molecule has 25 heavy (non-hydrogen) atoms. The van der Waals surface area contributed by atoms with E-state index < -0.39 is 0 Å². The highest BCUT2D eigenvalue weighted by Crippen LogP contribution is 2.23. The van der Waals surface area contributed by atoms with Crippen molar-refractivity contribution in [2.75, 3.05) is 13.6 Å². The van der Waals surface area contributed by atoms with Gasteiger partial charge >= 0.3 is 0 Å². The van der Waals surface area contributed by atoms with Gasteiger partial charge in [-0.2, -0.15) is 0 Å². The number of carbonyl (C=O) groups is 1. The van der Waals surface area contributed by atoms with Gasteiger partial charge in [-0.15, -0.1) is 0 Å². The molecule has 4 heteroatoms. The van der Waals surface area contributed by atoms with Gasteiger partial charge in [0.25, 0.3) is 0 Å². The average molecular weight is 336 g/mol. The third-order valence-electron chi connectivity index (χ3n) is 4.36. The Morgan fingerprint density at radius 3 is 2.64 bits per heavy atom. The van der Waals surface area contributed by atoms with Gasteiger partial charge in [-0.05, 0) is 44.2 Å². The van der Waals surface area contributed by atoms with E-state index in [0.29, 0.717) is 6.54 Å². The number of fused-ring (bicyclic) bond motifs is 1. The van der Waals surface area contributed by atoms with Crippen LogP contribution in [-0.2, 0) is 11.3 Å². The maximum Gasteiger partial charge on any atom is 0.234 e. The van der Waals surface area contributed by atoms with Crippen molar-refractivity contribution >= 4 is 16.9 Å². The summed E-state index contributed by atoms with van der Waals surface area (Å²) in [7, 11) is 1.96. The summed E-state index contributed by atoms with van der Waals surface area (Å²) in [6.45, 7) is 5.13. The zero-order valence-corrected chi connectivity index (χ0v) is 15.0. The summed E-state index contributed by atoms with van der Waals surface area (Å²) < 4.78 is 5.82. The minimum absolute atomic E-state index is 0.0101. The summed E-state index contributed by atoms with van der Waals surface area (Å²) in [5, 5.41) is 4.07. The highest BCUT2D eigenvalue weighted by molar-refractivity contribution is 5.80. The van der Waals surface area contributed by atoms with E-state index in [0.717, 1.165) is 23.3 Å². The SMILES string of the molecule is Cc1ccccc1CN(C)CC(=O)N[C@@H](C)c1cc2ccccc2o1. The molecule has 1 N–H and O–H groups in total. The molecule has 0 unspecified atom stereocenters. The van der Waals surface area contributed by atoms with Crippen molar-refractivity contribution in [3.8, 4) is 0 Å². The monoisotopic (exact) mass is 336 g/mol. The molecular weight excluding hydrogens is 312 g/mol. The second-order valence-electron chi connectivity index (χ2n) is 6.57. The fourth-order valence-electron chi connectivity index (χ4n) is 2.95. The zero-order valence-electron chi connectivity index (χ0n) is 15.0. The summed E-state index contributed by atoms with van der Waals surface area (Å²) in [5.41, 5.74) is 3.32. The lowest BCUT2D eigenvalue weighted by Gasteiger charge is -2.19. The number of furan rings is 1. The van der Waals surface area contributed by atoms with Gasteiger partial charge in [-0.1, -0.05) is 42.5 Å². The molecule has 3 aromatic rings. The molecule has 0 aliphatic heterocycles. The first-order valence-electron chi connectivity index (χ1n) is 8.54. The molecule has 3 rings (SSSR count). The average Bonchev–Trinajstić information content (AvgIpc) is 3.01. The minimum Gasteiger partial charge on any atom is -0.459 e. The predicted molar refractivity (Wildman–Crippen MR) is 100 cm³/mol. The number of nitrogens with one attached hydrogen (secondary N) is 1. The fraction of sp³-hybridized carbons (Fsp3) is 0.286. The Labute approximate surface area is 148 Å². The smallest absolute Gasteiger partial charge is 0.234 e. The van der Waals surface area contributed by atoms with Gasteiger partial charge in [0.05, 0.1) is 12.6 Å². The highest BCUT2D eigenvalue weighted by atomic mass is 16.3. The normalized spacial score (nSPS) is 12.5. The van der Waals surface area contributed by atoms with Crippen molar-refractivity contribution in [1.82, 2.24) is 10.2 Å². The first-order valence-corrected chi connectivity index (χ1v) is 8.54. The van der Waals surface area contributed by atoms with Gasteiger partial charge in [-0.25, -0.2) is 0 Å². The van der Waals surface area contributed by atoms with E-state index >= 15 is 0 Å². The molecular formula is C21H24N2O2. The van der Waals surface area contributed by atoms with Crippen LogP contribution in [0.5, 0.6) is 0 Å². The molecule has 4 nitrogen and oxygen atoms in total. The molecule has 2 aromatic carbocycles. The van der Waals surface area contributed by atoms with Crippen molar-refractivity contribution in [2.24, 2.45) is 0 Å². The van der Waals surface area contributed by atoms with Crippen molar-refractivity contribution in [3.05, 3.63) is 71.5 Å². The molecule has 1 heterocycles. The van der Waals surface area contributed by atoms with E-state index in [9.17, 15) is 4.79 Å². The van der Waals surface area contributed by atoms with E-state index in [4.69, 9.17) is 4.42 Å². The highest BCUT2D eigenvalue weighted by Gasteiger charge is 2.15. The van der Waals surface area contributed by atoms with Gasteiger partial charge < -0.3 is 9.73 Å². The number of aryl methyl sites for hydroxylation is 1. The Morgan fingerprint density at radius 1 is 1.16 bits per heavy atom. The van der Waals surface area contributed by atoms with Crippen LogP contribution in [0.15, 0.2) is 59.0 Å². The Hall–Kier alpha value is -2.59. The van der Waals surface area contributed by atoms with Crippen LogP contribution < -0.4 is 5.32 Å². The number of carbonyl (C=O) groups excluding carboxylic acids is 1. The first-order chi connectivity index (χ1) is 12.0. The lowest BCUT2D eigenvalue weighted by atomic mass is 10.1. The summed E-state index contributed by atoms with van der Waals surface area (Å²) in [5.74, 6) is 0.764. The lowest BCUT2D eigenvalue weighted by Crippen LogP contribution is -2.36. The topological polar surface area (TPSA) is 45.5 Å². The Bertz CT molecular complexity index is 836. The Kier molecular flexibility index (Phi) is 5.19. The van der Waals surface area contributed by atoms with Crippen molar-refractivity contribution < 1.29 is 9.21 Å². The molecule has 0 saturated carbocycles. The molecule has 0 spiro atoms. The predicted octanol–water partition coefficient (Wildman–Crippen LogP) is 4.05. The molecule has 0 radical (unpaired) electrons. The minimum atomic E-state index is -0.160. The molecule has 1 amide bonds. The number of nitrogens with zero attached hydrogens (tertiary/aromatic N) is 1. The number of amides is 1. The van der Waals surface area contributed by atoms with Crippen LogP contribution in [0.3, 0.4) is 0 Å². The largest absolute Gasteiger partial charge is 0.459 e. The number of hydrogen-bond acceptors (Lipinski definition) is 3. The first kappa shape index (κ1) is 17.2. The fourth-order valence-corrected chi connectivity index (χ4v) is 2.95. The van der Waals surface area contributed by atoms with E-state index in [1.807, 2.05) is 61.3 Å². The number of likely N-dealkylation sites (N-methyl/N-ethyl adjacent to an activating group) is 1. The van der Waals surface area contributed by atoms with Gasteiger partial charge in [0.2, 0.25) is 5.91 Å². The van der Waals surface area contributed by atoms with E-state index in [1.54, 1.807) is 0 Å². The summed E-state index contributed by atoms with van der Waals surface area (Å²) in [6.07, 6.45) is 0. The summed E-state index contributed by atoms with van der Waals surface area (Å²) >= 11 is 0. The molecule has 0 aliphatic carbocycles. The molecule has 130 valence electrons. The standard InChI is InChI=1S/C21H24N2O2/c1-15-8-4-5-10-18(15)13-23(3)14-21(24)22-16(2)20-12-17-9-6-7-11-19(17)25-20/h4-12,16H,13-14H2,1-3H3,(H,22,24)/t16-/m0/s1. The van der Waals surface area contributed by atoms with Crippen LogP contribution in [0.25, 0.3) is 11.0 Å². The summed E-state index contributed by atoms with van der Waals surface area (Å²) in [6, 6.07) is 17.9. The van der Waals surface area contributed by atoms with Crippen molar-refractivity contribution in [1.29, 1.82) is 0 Å². The molecule has 1 atom stereocenters. The third-order valence-corrected chi connectivity index (χ3v) is 4.36. The summed E-state index contributed by atoms with van der Waals surface area (Å²) in [4.78, 5) is 14.3. The second kappa shape index (κ2) is 7.53. The molecule has 0 saturated heterocycles. The lowest BCUT2D eigenvalue weighted by molar-refractivity contribution is -0.122. The molecule has 0 fully saturated rings. The van der Waals surface area contributed by atoms with Crippen LogP contribution in [-0.4, -0.2) is 24.4 Å². The van der Waals surface area contributed by atoms with Gasteiger partial charge in [-0.3, -0.25) is 9.69 Å². The molecule has 1 aromatic heterocycles. The van der Waals surface area contributed by atoms with Crippen molar-refractivity contribution in [2.45, 2.75) is 26.4 Å². The van der Waals surface area contributed by atoms with Crippen LogP contribution >= 0.6 is 0 Å². The maximum absolute atomic E-state index is 12.3. The number of rotatable bonds is 6. The van der Waals surface area contributed by atoms with Gasteiger partial charge in [0, 0.05) is 11.9 Å². The maximum atomic E-state index is 12.3.